The summed E-state index contributed by atoms with van der Waals surface area (Å²) < 4.78 is 0. The minimum absolute atomic E-state index is 0.698. The van der Waals surface area contributed by atoms with Gasteiger partial charge in [0.05, 0.1) is 0 Å². The predicted octanol–water partition coefficient (Wildman–Crippen LogP) is 3.43. The largest absolute Gasteiger partial charge is 0.380 e. The Kier molecular flexibility index (Phi) is 3.78. The molecule has 0 aliphatic heterocycles. The molecule has 1 heterocycles. The number of nitrogens with zero attached hydrogens (tertiary/aromatic N) is 1. The minimum Gasteiger partial charge on any atom is -0.380 e. The van der Waals surface area contributed by atoms with Crippen molar-refractivity contribution in [2.75, 3.05) is 0 Å². The zero-order valence-corrected chi connectivity index (χ0v) is 10.9. The van der Waals surface area contributed by atoms with Gasteiger partial charge in [-0.25, -0.2) is 0 Å². The van der Waals surface area contributed by atoms with Crippen LogP contribution in [-0.2, 0) is 5.60 Å². The molecule has 2 heteroatoms. The Balaban J connectivity index is 2.55. The number of rotatable bonds is 4. The Labute approximate surface area is 108 Å². The number of pyridine rings is 1. The first-order valence-corrected chi connectivity index (χ1v) is 6.37. The van der Waals surface area contributed by atoms with E-state index in [1.54, 1.807) is 12.4 Å². The Hall–Kier alpha value is -1.67. The third-order valence-electron chi connectivity index (χ3n) is 3.35. The third-order valence-corrected chi connectivity index (χ3v) is 3.35. The summed E-state index contributed by atoms with van der Waals surface area (Å²) in [5.74, 6) is 0. The molecule has 2 aromatic rings. The van der Waals surface area contributed by atoms with Gasteiger partial charge in [0.15, 0.2) is 0 Å². The van der Waals surface area contributed by atoms with Crippen molar-refractivity contribution in [2.45, 2.75) is 32.3 Å². The van der Waals surface area contributed by atoms with E-state index in [1.807, 2.05) is 43.3 Å². The zero-order chi connectivity index (χ0) is 13.0. The molecule has 0 aliphatic rings. The lowest BCUT2D eigenvalue weighted by Crippen LogP contribution is -2.28. The summed E-state index contributed by atoms with van der Waals surface area (Å²) in [5, 5.41) is 11.1. The van der Waals surface area contributed by atoms with Gasteiger partial charge in [-0.3, -0.25) is 4.98 Å². The summed E-state index contributed by atoms with van der Waals surface area (Å²) >= 11 is 0. The van der Waals surface area contributed by atoms with Crippen LogP contribution < -0.4 is 0 Å². The molecule has 2 nitrogen and oxygen atoms in total. The van der Waals surface area contributed by atoms with Crippen molar-refractivity contribution < 1.29 is 5.11 Å². The molecule has 0 spiro atoms. The summed E-state index contributed by atoms with van der Waals surface area (Å²) in [6.45, 7) is 4.10. The average Bonchev–Trinajstić information content (AvgIpc) is 2.40. The molecule has 2 rings (SSSR count). The van der Waals surface area contributed by atoms with Crippen LogP contribution in [0.4, 0.5) is 0 Å². The number of hydrogen-bond acceptors (Lipinski definition) is 2. The average molecular weight is 241 g/mol. The molecule has 0 saturated heterocycles. The van der Waals surface area contributed by atoms with Gasteiger partial charge in [0.1, 0.15) is 5.60 Å². The van der Waals surface area contributed by atoms with E-state index in [2.05, 4.69) is 11.9 Å². The van der Waals surface area contributed by atoms with Crippen LogP contribution in [-0.4, -0.2) is 10.1 Å². The van der Waals surface area contributed by atoms with Crippen LogP contribution in [0.3, 0.4) is 0 Å². The summed E-state index contributed by atoms with van der Waals surface area (Å²) in [7, 11) is 0. The SMILES string of the molecule is CCCC(O)(c1ccccc1)c1cnccc1C. The molecule has 0 aliphatic carbocycles. The summed E-state index contributed by atoms with van der Waals surface area (Å²) in [6, 6.07) is 11.8. The van der Waals surface area contributed by atoms with Crippen molar-refractivity contribution >= 4 is 0 Å². The lowest BCUT2D eigenvalue weighted by molar-refractivity contribution is 0.0692. The highest BCUT2D eigenvalue weighted by Gasteiger charge is 2.31. The maximum Gasteiger partial charge on any atom is 0.116 e. The Bertz CT molecular complexity index is 510. The van der Waals surface area contributed by atoms with Crippen molar-refractivity contribution in [1.82, 2.24) is 4.98 Å². The lowest BCUT2D eigenvalue weighted by Gasteiger charge is -2.30. The van der Waals surface area contributed by atoms with Gasteiger partial charge < -0.3 is 5.11 Å². The van der Waals surface area contributed by atoms with Crippen molar-refractivity contribution in [3.63, 3.8) is 0 Å². The molecule has 1 aromatic heterocycles. The monoisotopic (exact) mass is 241 g/mol. The summed E-state index contributed by atoms with van der Waals surface area (Å²) in [5.41, 5.74) is 1.97. The normalized spacial score (nSPS) is 14.2. The molecule has 0 amide bonds. The van der Waals surface area contributed by atoms with E-state index in [0.29, 0.717) is 6.42 Å². The maximum atomic E-state index is 11.1. The van der Waals surface area contributed by atoms with Gasteiger partial charge >= 0.3 is 0 Å². The molecule has 0 radical (unpaired) electrons. The van der Waals surface area contributed by atoms with E-state index < -0.39 is 5.60 Å². The molecule has 18 heavy (non-hydrogen) atoms. The molecule has 1 N–H and O–H groups in total. The van der Waals surface area contributed by atoms with Crippen molar-refractivity contribution in [1.29, 1.82) is 0 Å². The van der Waals surface area contributed by atoms with E-state index in [4.69, 9.17) is 0 Å². The molecule has 0 fully saturated rings. The second-order valence-corrected chi connectivity index (χ2v) is 4.67. The molecule has 1 unspecified atom stereocenters. The van der Waals surface area contributed by atoms with Crippen molar-refractivity contribution in [3.8, 4) is 0 Å². The van der Waals surface area contributed by atoms with E-state index in [0.717, 1.165) is 23.1 Å². The fourth-order valence-corrected chi connectivity index (χ4v) is 2.41. The van der Waals surface area contributed by atoms with Gasteiger partial charge in [-0.15, -0.1) is 0 Å². The number of aromatic nitrogens is 1. The smallest absolute Gasteiger partial charge is 0.116 e. The maximum absolute atomic E-state index is 11.1. The van der Waals surface area contributed by atoms with Gasteiger partial charge in [-0.05, 0) is 30.5 Å². The van der Waals surface area contributed by atoms with Crippen LogP contribution in [0, 0.1) is 6.92 Å². The lowest BCUT2D eigenvalue weighted by atomic mass is 9.82. The topological polar surface area (TPSA) is 33.1 Å². The van der Waals surface area contributed by atoms with Gasteiger partial charge in [0.25, 0.3) is 0 Å². The molecule has 1 atom stereocenters. The van der Waals surface area contributed by atoms with Gasteiger partial charge in [-0.1, -0.05) is 43.7 Å². The van der Waals surface area contributed by atoms with Crippen molar-refractivity contribution in [3.05, 3.63) is 65.5 Å². The van der Waals surface area contributed by atoms with Gasteiger partial charge in [-0.2, -0.15) is 0 Å². The molecule has 0 saturated carbocycles. The van der Waals surface area contributed by atoms with Crippen LogP contribution >= 0.6 is 0 Å². The quantitative estimate of drug-likeness (QED) is 0.889. The van der Waals surface area contributed by atoms with Crippen LogP contribution in [0.5, 0.6) is 0 Å². The zero-order valence-electron chi connectivity index (χ0n) is 10.9. The number of aryl methyl sites for hydroxylation is 1. The minimum atomic E-state index is -0.936. The Morgan fingerprint density at radius 2 is 1.89 bits per heavy atom. The van der Waals surface area contributed by atoms with E-state index in [9.17, 15) is 5.11 Å². The number of aliphatic hydroxyl groups is 1. The molecule has 94 valence electrons. The predicted molar refractivity (Wildman–Crippen MR) is 73.3 cm³/mol. The van der Waals surface area contributed by atoms with Gasteiger partial charge in [0.2, 0.25) is 0 Å². The van der Waals surface area contributed by atoms with Crippen molar-refractivity contribution in [2.24, 2.45) is 0 Å². The van der Waals surface area contributed by atoms with Crippen LogP contribution in [0.25, 0.3) is 0 Å². The van der Waals surface area contributed by atoms with Crippen LogP contribution in [0.15, 0.2) is 48.8 Å². The third kappa shape index (κ3) is 2.29. The van der Waals surface area contributed by atoms with Crippen LogP contribution in [0.1, 0.15) is 36.5 Å². The molecular formula is C16H19NO. The standard InChI is InChI=1S/C16H19NO/c1-3-10-16(18,14-7-5-4-6-8-14)15-12-17-11-9-13(15)2/h4-9,11-12,18H,3,10H2,1-2H3. The highest BCUT2D eigenvalue weighted by molar-refractivity contribution is 5.38. The van der Waals surface area contributed by atoms with Gasteiger partial charge in [0, 0.05) is 18.0 Å². The first-order chi connectivity index (χ1) is 8.68. The fraction of sp³-hybridized carbons (Fsp3) is 0.312. The Morgan fingerprint density at radius 3 is 2.50 bits per heavy atom. The highest BCUT2D eigenvalue weighted by atomic mass is 16.3. The highest BCUT2D eigenvalue weighted by Crippen LogP contribution is 2.35. The number of hydrogen-bond donors (Lipinski definition) is 1. The van der Waals surface area contributed by atoms with E-state index in [-0.39, 0.29) is 0 Å². The second kappa shape index (κ2) is 5.32. The van der Waals surface area contributed by atoms with E-state index >= 15 is 0 Å². The first kappa shape index (κ1) is 12.8. The molecular weight excluding hydrogens is 222 g/mol. The van der Waals surface area contributed by atoms with Crippen LogP contribution in [0.2, 0.25) is 0 Å². The number of benzene rings is 1. The fourth-order valence-electron chi connectivity index (χ4n) is 2.41. The first-order valence-electron chi connectivity index (χ1n) is 6.37. The summed E-state index contributed by atoms with van der Waals surface area (Å²) in [4.78, 5) is 4.16. The Morgan fingerprint density at radius 1 is 1.17 bits per heavy atom. The molecule has 0 bridgehead atoms. The molecule has 1 aromatic carbocycles. The second-order valence-electron chi connectivity index (χ2n) is 4.67. The summed E-state index contributed by atoms with van der Waals surface area (Å²) in [6.07, 6.45) is 5.15. The van der Waals surface area contributed by atoms with E-state index in [1.165, 1.54) is 0 Å².